The molecule has 0 saturated heterocycles. The van der Waals surface area contributed by atoms with Crippen LogP contribution in [0.3, 0.4) is 0 Å². The number of anilines is 1. The Labute approximate surface area is 184 Å². The number of rotatable bonds is 8. The molecule has 30 heavy (non-hydrogen) atoms. The summed E-state index contributed by atoms with van der Waals surface area (Å²) < 4.78 is 15.6. The zero-order valence-electron chi connectivity index (χ0n) is 16.9. The fourth-order valence-corrected chi connectivity index (χ4v) is 4.71. The Morgan fingerprint density at radius 3 is 2.63 bits per heavy atom. The van der Waals surface area contributed by atoms with E-state index in [0.717, 1.165) is 24.8 Å². The number of esters is 1. The molecule has 0 bridgehead atoms. The molecule has 160 valence electrons. The highest BCUT2D eigenvalue weighted by Gasteiger charge is 2.28. The summed E-state index contributed by atoms with van der Waals surface area (Å²) in [6.07, 6.45) is 2.81. The van der Waals surface area contributed by atoms with Gasteiger partial charge in [0.1, 0.15) is 17.4 Å². The van der Waals surface area contributed by atoms with Crippen molar-refractivity contribution in [3.63, 3.8) is 0 Å². The Morgan fingerprint density at radius 1 is 1.17 bits per heavy atom. The van der Waals surface area contributed by atoms with Gasteiger partial charge in [0.15, 0.2) is 5.11 Å². The molecule has 2 aromatic rings. The first-order valence-corrected chi connectivity index (χ1v) is 10.9. The summed E-state index contributed by atoms with van der Waals surface area (Å²) in [6.45, 7) is 3.00. The summed E-state index contributed by atoms with van der Waals surface area (Å²) >= 11 is 6.79. The maximum atomic E-state index is 12.5. The number of methoxy groups -OCH3 is 1. The van der Waals surface area contributed by atoms with Gasteiger partial charge in [-0.05, 0) is 68.2 Å². The lowest BCUT2D eigenvalue weighted by atomic mass is 10.1. The van der Waals surface area contributed by atoms with Gasteiger partial charge in [0.05, 0.1) is 18.8 Å². The Kier molecular flexibility index (Phi) is 7.78. The highest BCUT2D eigenvalue weighted by atomic mass is 32.1. The third-order valence-corrected chi connectivity index (χ3v) is 5.94. The number of thiocarbonyl (C=S) groups is 1. The van der Waals surface area contributed by atoms with Crippen LogP contribution >= 0.6 is 23.6 Å². The van der Waals surface area contributed by atoms with Crippen molar-refractivity contribution in [2.75, 3.05) is 32.2 Å². The van der Waals surface area contributed by atoms with Gasteiger partial charge in [0.25, 0.3) is 5.91 Å². The molecular formula is C21H24N2O5S2. The number of carbonyl (C=O) groups excluding carboxylic acids is 2. The summed E-state index contributed by atoms with van der Waals surface area (Å²) in [7, 11) is 1.60. The Morgan fingerprint density at radius 2 is 1.93 bits per heavy atom. The Bertz CT molecular complexity index is 924. The minimum absolute atomic E-state index is 0.130. The average molecular weight is 449 g/mol. The fraction of sp³-hybridized carbons (Fsp3) is 0.381. The van der Waals surface area contributed by atoms with E-state index in [4.69, 9.17) is 26.4 Å². The van der Waals surface area contributed by atoms with E-state index in [0.29, 0.717) is 41.7 Å². The van der Waals surface area contributed by atoms with Crippen LogP contribution in [0.15, 0.2) is 24.3 Å². The second-order valence-corrected chi connectivity index (χ2v) is 8.07. The lowest BCUT2D eigenvalue weighted by Crippen LogP contribution is -2.34. The first-order chi connectivity index (χ1) is 14.5. The summed E-state index contributed by atoms with van der Waals surface area (Å²) in [5.74, 6) is -0.0632. The number of ether oxygens (including phenoxy) is 3. The summed E-state index contributed by atoms with van der Waals surface area (Å²) in [5.41, 5.74) is 2.00. The molecule has 1 aliphatic carbocycles. The van der Waals surface area contributed by atoms with Gasteiger partial charge in [-0.2, -0.15) is 0 Å². The van der Waals surface area contributed by atoms with Crippen LogP contribution in [0.1, 0.15) is 44.5 Å². The molecule has 3 rings (SSSR count). The van der Waals surface area contributed by atoms with Crippen molar-refractivity contribution in [1.82, 2.24) is 5.32 Å². The smallest absolute Gasteiger partial charge is 0.341 e. The number of nitrogens with one attached hydrogen (secondary N) is 2. The van der Waals surface area contributed by atoms with Crippen molar-refractivity contribution < 1.29 is 23.8 Å². The minimum atomic E-state index is -0.363. The quantitative estimate of drug-likeness (QED) is 0.363. The van der Waals surface area contributed by atoms with E-state index in [1.165, 1.54) is 16.2 Å². The van der Waals surface area contributed by atoms with Gasteiger partial charge in [-0.1, -0.05) is 0 Å². The van der Waals surface area contributed by atoms with Crippen molar-refractivity contribution in [2.24, 2.45) is 0 Å². The molecule has 0 spiro atoms. The highest BCUT2D eigenvalue weighted by Crippen LogP contribution is 2.39. The van der Waals surface area contributed by atoms with E-state index in [1.807, 2.05) is 0 Å². The highest BCUT2D eigenvalue weighted by molar-refractivity contribution is 7.80. The van der Waals surface area contributed by atoms with Crippen LogP contribution in [0.25, 0.3) is 0 Å². The molecule has 1 aromatic carbocycles. The SMILES string of the molecule is CCOC(=O)c1c(NC(=S)NC(=O)c2ccc(OCCOC)cc2)sc2c1CCC2. The largest absolute Gasteiger partial charge is 0.491 e. The molecule has 1 amide bonds. The number of aryl methyl sites for hydroxylation is 1. The van der Waals surface area contributed by atoms with E-state index in [1.54, 1.807) is 38.3 Å². The molecule has 0 fully saturated rings. The van der Waals surface area contributed by atoms with Gasteiger partial charge in [-0.25, -0.2) is 4.79 Å². The standard InChI is InChI=1S/C21H24N2O5S2/c1-3-27-20(25)17-15-5-4-6-16(15)30-19(17)23-21(29)22-18(24)13-7-9-14(10-8-13)28-12-11-26-2/h7-10H,3-6,11-12H2,1-2H3,(H2,22,23,24,29). The van der Waals surface area contributed by atoms with Gasteiger partial charge in [0.2, 0.25) is 0 Å². The van der Waals surface area contributed by atoms with Crippen LogP contribution in [-0.2, 0) is 22.3 Å². The number of hydrogen-bond acceptors (Lipinski definition) is 7. The second kappa shape index (κ2) is 10.5. The van der Waals surface area contributed by atoms with E-state index in [9.17, 15) is 9.59 Å². The molecule has 7 nitrogen and oxygen atoms in total. The molecule has 0 unspecified atom stereocenters. The van der Waals surface area contributed by atoms with Crippen molar-refractivity contribution in [1.29, 1.82) is 0 Å². The van der Waals surface area contributed by atoms with E-state index in [-0.39, 0.29) is 17.0 Å². The zero-order chi connectivity index (χ0) is 21.5. The maximum Gasteiger partial charge on any atom is 0.341 e. The normalized spacial score (nSPS) is 12.2. The number of benzene rings is 1. The van der Waals surface area contributed by atoms with Crippen LogP contribution in [0.4, 0.5) is 5.00 Å². The number of amides is 1. The molecule has 1 heterocycles. The summed E-state index contributed by atoms with van der Waals surface area (Å²) in [4.78, 5) is 26.1. The third-order valence-electron chi connectivity index (χ3n) is 4.53. The minimum Gasteiger partial charge on any atom is -0.491 e. The Hall–Kier alpha value is -2.49. The monoisotopic (exact) mass is 448 g/mol. The van der Waals surface area contributed by atoms with Gasteiger partial charge in [-0.3, -0.25) is 10.1 Å². The van der Waals surface area contributed by atoms with Crippen molar-refractivity contribution >= 4 is 45.5 Å². The van der Waals surface area contributed by atoms with Crippen LogP contribution < -0.4 is 15.4 Å². The molecular weight excluding hydrogens is 424 g/mol. The van der Waals surface area contributed by atoms with Crippen LogP contribution in [0.2, 0.25) is 0 Å². The second-order valence-electron chi connectivity index (χ2n) is 6.56. The van der Waals surface area contributed by atoms with E-state index < -0.39 is 0 Å². The molecule has 0 radical (unpaired) electrons. The summed E-state index contributed by atoms with van der Waals surface area (Å²) in [5, 5.41) is 6.41. The molecule has 9 heteroatoms. The van der Waals surface area contributed by atoms with Crippen molar-refractivity contribution in [3.05, 3.63) is 45.8 Å². The fourth-order valence-electron chi connectivity index (χ4n) is 3.17. The lowest BCUT2D eigenvalue weighted by Gasteiger charge is -2.11. The zero-order valence-corrected chi connectivity index (χ0v) is 18.5. The van der Waals surface area contributed by atoms with Gasteiger partial charge < -0.3 is 19.5 Å². The Balaban J connectivity index is 1.63. The summed E-state index contributed by atoms with van der Waals surface area (Å²) in [6, 6.07) is 6.74. The number of hydrogen-bond donors (Lipinski definition) is 2. The first kappa shape index (κ1) is 22.2. The molecule has 0 atom stereocenters. The molecule has 0 aliphatic heterocycles. The van der Waals surface area contributed by atoms with Crippen LogP contribution in [0, 0.1) is 0 Å². The maximum absolute atomic E-state index is 12.5. The van der Waals surface area contributed by atoms with Crippen molar-refractivity contribution in [2.45, 2.75) is 26.2 Å². The predicted octanol–water partition coefficient (Wildman–Crippen LogP) is 3.57. The number of fused-ring (bicyclic) bond motifs is 1. The van der Waals surface area contributed by atoms with Crippen molar-refractivity contribution in [3.8, 4) is 5.75 Å². The van der Waals surface area contributed by atoms with E-state index >= 15 is 0 Å². The van der Waals surface area contributed by atoms with E-state index in [2.05, 4.69) is 10.6 Å². The topological polar surface area (TPSA) is 85.9 Å². The lowest BCUT2D eigenvalue weighted by molar-refractivity contribution is 0.0527. The average Bonchev–Trinajstić information content (AvgIpc) is 3.29. The van der Waals surface area contributed by atoms with Gasteiger partial charge in [-0.15, -0.1) is 11.3 Å². The molecule has 0 saturated carbocycles. The van der Waals surface area contributed by atoms with Crippen LogP contribution in [-0.4, -0.2) is 43.9 Å². The van der Waals surface area contributed by atoms with Gasteiger partial charge >= 0.3 is 5.97 Å². The molecule has 1 aliphatic rings. The van der Waals surface area contributed by atoms with Gasteiger partial charge in [0, 0.05) is 17.6 Å². The van der Waals surface area contributed by atoms with Crippen LogP contribution in [0.5, 0.6) is 5.75 Å². The third kappa shape index (κ3) is 5.35. The predicted molar refractivity (Wildman–Crippen MR) is 120 cm³/mol. The molecule has 2 N–H and O–H groups in total. The number of carbonyl (C=O) groups is 2. The first-order valence-electron chi connectivity index (χ1n) is 9.69. The molecule has 1 aromatic heterocycles. The number of thiophene rings is 1.